The van der Waals surface area contributed by atoms with Crippen molar-refractivity contribution < 1.29 is 0 Å². The molecule has 0 aromatic rings. The van der Waals surface area contributed by atoms with Crippen molar-refractivity contribution in [2.24, 2.45) is 11.3 Å². The predicted octanol–water partition coefficient (Wildman–Crippen LogP) is 2.89. The molecule has 2 heteroatoms. The Labute approximate surface area is 107 Å². The Morgan fingerprint density at radius 3 is 2.35 bits per heavy atom. The fourth-order valence-electron chi connectivity index (χ4n) is 2.91. The minimum Gasteiger partial charge on any atom is -0.310 e. The maximum absolute atomic E-state index is 3.75. The fourth-order valence-corrected chi connectivity index (χ4v) is 2.91. The Hall–Kier alpha value is -0.0800. The molecule has 0 amide bonds. The van der Waals surface area contributed by atoms with E-state index in [1.807, 2.05) is 0 Å². The first-order valence-electron chi connectivity index (χ1n) is 7.27. The van der Waals surface area contributed by atoms with Crippen LogP contribution in [0.15, 0.2) is 0 Å². The van der Waals surface area contributed by atoms with Crippen LogP contribution in [0.3, 0.4) is 0 Å². The van der Waals surface area contributed by atoms with Crippen molar-refractivity contribution in [2.75, 3.05) is 19.6 Å². The number of rotatable bonds is 2. The molecule has 1 N–H and O–H groups in total. The van der Waals surface area contributed by atoms with Gasteiger partial charge in [0.1, 0.15) is 0 Å². The Morgan fingerprint density at radius 1 is 1.24 bits per heavy atom. The zero-order valence-electron chi connectivity index (χ0n) is 12.3. The average Bonchev–Trinajstić information content (AvgIpc) is 2.10. The SMILES string of the molecule is CC(C)(C)C1CN(CC2CCC2)C(C)(C)CN1. The molecule has 1 unspecified atom stereocenters. The molecule has 0 aromatic carbocycles. The smallest absolute Gasteiger partial charge is 0.0278 e. The molecule has 2 aliphatic rings. The molecule has 100 valence electrons. The van der Waals surface area contributed by atoms with E-state index in [-0.39, 0.29) is 0 Å². The maximum Gasteiger partial charge on any atom is 0.0278 e. The van der Waals surface area contributed by atoms with Crippen molar-refractivity contribution in [3.8, 4) is 0 Å². The summed E-state index contributed by atoms with van der Waals surface area (Å²) < 4.78 is 0. The van der Waals surface area contributed by atoms with Gasteiger partial charge in [0, 0.05) is 31.2 Å². The lowest BCUT2D eigenvalue weighted by atomic mass is 9.80. The van der Waals surface area contributed by atoms with Gasteiger partial charge in [-0.3, -0.25) is 4.90 Å². The Kier molecular flexibility index (Phi) is 3.57. The Balaban J connectivity index is 1.98. The zero-order chi connectivity index (χ0) is 12.7. The first kappa shape index (κ1) is 13.4. The van der Waals surface area contributed by atoms with Gasteiger partial charge in [0.15, 0.2) is 0 Å². The second-order valence-corrected chi connectivity index (χ2v) is 7.81. The summed E-state index contributed by atoms with van der Waals surface area (Å²) in [5.74, 6) is 0.980. The molecule has 2 rings (SSSR count). The van der Waals surface area contributed by atoms with Crippen LogP contribution in [0, 0.1) is 11.3 Å². The van der Waals surface area contributed by atoms with Gasteiger partial charge in [-0.1, -0.05) is 27.2 Å². The summed E-state index contributed by atoms with van der Waals surface area (Å²) in [6.45, 7) is 15.5. The molecule has 2 fully saturated rings. The van der Waals surface area contributed by atoms with E-state index in [0.717, 1.165) is 12.5 Å². The molecule has 1 heterocycles. The van der Waals surface area contributed by atoms with Crippen molar-refractivity contribution in [2.45, 2.75) is 65.5 Å². The van der Waals surface area contributed by atoms with Crippen LogP contribution in [0.2, 0.25) is 0 Å². The summed E-state index contributed by atoms with van der Waals surface area (Å²) in [5, 5.41) is 3.75. The summed E-state index contributed by atoms with van der Waals surface area (Å²) >= 11 is 0. The minimum atomic E-state index is 0.331. The summed E-state index contributed by atoms with van der Waals surface area (Å²) in [7, 11) is 0. The predicted molar refractivity (Wildman–Crippen MR) is 74.2 cm³/mol. The molecule has 2 nitrogen and oxygen atoms in total. The van der Waals surface area contributed by atoms with Gasteiger partial charge in [0.2, 0.25) is 0 Å². The highest BCUT2D eigenvalue weighted by Gasteiger charge is 2.39. The maximum atomic E-state index is 3.75. The number of nitrogens with one attached hydrogen (secondary N) is 1. The molecule has 1 saturated carbocycles. The molecule has 17 heavy (non-hydrogen) atoms. The first-order valence-corrected chi connectivity index (χ1v) is 7.27. The zero-order valence-corrected chi connectivity index (χ0v) is 12.3. The summed E-state index contributed by atoms with van der Waals surface area (Å²) in [6.07, 6.45) is 4.38. The molecule has 1 atom stereocenters. The van der Waals surface area contributed by atoms with Crippen LogP contribution in [-0.2, 0) is 0 Å². The second-order valence-electron chi connectivity index (χ2n) is 7.81. The van der Waals surface area contributed by atoms with E-state index in [4.69, 9.17) is 0 Å². The lowest BCUT2D eigenvalue weighted by Gasteiger charge is -2.51. The quantitative estimate of drug-likeness (QED) is 0.796. The van der Waals surface area contributed by atoms with E-state index in [2.05, 4.69) is 44.8 Å². The molecular weight excluding hydrogens is 208 g/mol. The fraction of sp³-hybridized carbons (Fsp3) is 1.00. The van der Waals surface area contributed by atoms with Crippen LogP contribution in [0.4, 0.5) is 0 Å². The summed E-state index contributed by atoms with van der Waals surface area (Å²) in [6, 6.07) is 0.635. The van der Waals surface area contributed by atoms with Crippen molar-refractivity contribution in [3.05, 3.63) is 0 Å². The van der Waals surface area contributed by atoms with Crippen molar-refractivity contribution in [1.82, 2.24) is 10.2 Å². The molecule has 0 spiro atoms. The average molecular weight is 238 g/mol. The van der Waals surface area contributed by atoms with E-state index in [0.29, 0.717) is 17.0 Å². The number of hydrogen-bond donors (Lipinski definition) is 1. The van der Waals surface area contributed by atoms with Gasteiger partial charge in [-0.05, 0) is 38.0 Å². The molecule has 0 bridgehead atoms. The minimum absolute atomic E-state index is 0.331. The normalized spacial score (nSPS) is 31.2. The molecular formula is C15H30N2. The largest absolute Gasteiger partial charge is 0.310 e. The van der Waals surface area contributed by atoms with E-state index < -0.39 is 0 Å². The lowest BCUT2D eigenvalue weighted by molar-refractivity contribution is 0.0138. The third-order valence-electron chi connectivity index (χ3n) is 4.79. The molecule has 0 radical (unpaired) electrons. The summed E-state index contributed by atoms with van der Waals surface area (Å²) in [5.41, 5.74) is 0.700. The van der Waals surface area contributed by atoms with Gasteiger partial charge in [-0.2, -0.15) is 0 Å². The molecule has 1 aliphatic heterocycles. The van der Waals surface area contributed by atoms with Crippen LogP contribution in [0.25, 0.3) is 0 Å². The second kappa shape index (κ2) is 4.55. The van der Waals surface area contributed by atoms with Gasteiger partial charge < -0.3 is 5.32 Å². The van der Waals surface area contributed by atoms with Crippen LogP contribution in [0.5, 0.6) is 0 Å². The number of nitrogens with zero attached hydrogens (tertiary/aromatic N) is 1. The highest BCUT2D eigenvalue weighted by molar-refractivity contribution is 4.97. The van der Waals surface area contributed by atoms with Crippen molar-refractivity contribution in [1.29, 1.82) is 0 Å². The van der Waals surface area contributed by atoms with Gasteiger partial charge >= 0.3 is 0 Å². The van der Waals surface area contributed by atoms with Gasteiger partial charge in [-0.25, -0.2) is 0 Å². The van der Waals surface area contributed by atoms with Crippen LogP contribution < -0.4 is 5.32 Å². The molecule has 1 saturated heterocycles. The summed E-state index contributed by atoms with van der Waals surface area (Å²) in [4.78, 5) is 2.74. The van der Waals surface area contributed by atoms with E-state index in [9.17, 15) is 0 Å². The Morgan fingerprint density at radius 2 is 1.88 bits per heavy atom. The third-order valence-corrected chi connectivity index (χ3v) is 4.79. The van der Waals surface area contributed by atoms with Crippen LogP contribution in [-0.4, -0.2) is 36.1 Å². The molecule has 1 aliphatic carbocycles. The highest BCUT2D eigenvalue weighted by Crippen LogP contribution is 2.32. The monoisotopic (exact) mass is 238 g/mol. The number of hydrogen-bond acceptors (Lipinski definition) is 2. The van der Waals surface area contributed by atoms with Crippen LogP contribution in [0.1, 0.15) is 53.9 Å². The lowest BCUT2D eigenvalue weighted by Crippen LogP contribution is -2.65. The van der Waals surface area contributed by atoms with Crippen molar-refractivity contribution >= 4 is 0 Å². The van der Waals surface area contributed by atoms with Crippen LogP contribution >= 0.6 is 0 Å². The van der Waals surface area contributed by atoms with Gasteiger partial charge in [0.25, 0.3) is 0 Å². The Bertz CT molecular complexity index is 261. The standard InChI is InChI=1S/C15H30N2/c1-14(2,3)13-10-17(9-12-7-6-8-12)15(4,5)11-16-13/h12-13,16H,6-11H2,1-5H3. The van der Waals surface area contributed by atoms with Gasteiger partial charge in [0.05, 0.1) is 0 Å². The van der Waals surface area contributed by atoms with E-state index >= 15 is 0 Å². The van der Waals surface area contributed by atoms with E-state index in [1.165, 1.54) is 32.4 Å². The first-order chi connectivity index (χ1) is 7.79. The van der Waals surface area contributed by atoms with E-state index in [1.54, 1.807) is 0 Å². The topological polar surface area (TPSA) is 15.3 Å². The molecule has 0 aromatic heterocycles. The van der Waals surface area contributed by atoms with Crippen molar-refractivity contribution in [3.63, 3.8) is 0 Å². The highest BCUT2D eigenvalue weighted by atomic mass is 15.3. The third kappa shape index (κ3) is 3.03. The number of piperazine rings is 1. The van der Waals surface area contributed by atoms with Gasteiger partial charge in [-0.15, -0.1) is 0 Å².